The van der Waals surface area contributed by atoms with E-state index in [1.807, 2.05) is 23.1 Å². The first-order chi connectivity index (χ1) is 11.7. The lowest BCUT2D eigenvalue weighted by atomic mass is 9.97. The first-order valence-corrected chi connectivity index (χ1v) is 9.05. The molecular formula is C19H28ClN3O2. The van der Waals surface area contributed by atoms with E-state index in [4.69, 9.17) is 0 Å². The minimum atomic E-state index is 0. The summed E-state index contributed by atoms with van der Waals surface area (Å²) in [5, 5.41) is 6.43. The van der Waals surface area contributed by atoms with Gasteiger partial charge in [0.1, 0.15) is 0 Å². The van der Waals surface area contributed by atoms with Crippen LogP contribution in [0.4, 0.5) is 0 Å². The molecule has 6 heteroatoms. The molecule has 2 amide bonds. The van der Waals surface area contributed by atoms with Crippen LogP contribution in [-0.2, 0) is 16.0 Å². The van der Waals surface area contributed by atoms with E-state index in [9.17, 15) is 9.59 Å². The van der Waals surface area contributed by atoms with Crippen LogP contribution in [0.3, 0.4) is 0 Å². The van der Waals surface area contributed by atoms with Crippen LogP contribution in [0.15, 0.2) is 30.3 Å². The number of nitrogens with zero attached hydrogens (tertiary/aromatic N) is 1. The van der Waals surface area contributed by atoms with Gasteiger partial charge in [-0.05, 0) is 44.3 Å². The first kappa shape index (κ1) is 19.7. The Kier molecular flexibility index (Phi) is 7.72. The van der Waals surface area contributed by atoms with Crippen molar-refractivity contribution in [1.29, 1.82) is 0 Å². The van der Waals surface area contributed by atoms with Gasteiger partial charge in [-0.1, -0.05) is 30.3 Å². The maximum absolute atomic E-state index is 12.4. The maximum atomic E-state index is 12.4. The third kappa shape index (κ3) is 5.72. The van der Waals surface area contributed by atoms with Gasteiger partial charge in [0.15, 0.2) is 0 Å². The molecule has 0 bridgehead atoms. The molecular weight excluding hydrogens is 338 g/mol. The largest absolute Gasteiger partial charge is 0.351 e. The van der Waals surface area contributed by atoms with Crippen molar-refractivity contribution in [2.24, 2.45) is 5.92 Å². The Bertz CT molecular complexity index is 561. The lowest BCUT2D eigenvalue weighted by Gasteiger charge is -2.24. The Labute approximate surface area is 155 Å². The van der Waals surface area contributed by atoms with E-state index in [1.165, 1.54) is 5.56 Å². The van der Waals surface area contributed by atoms with Crippen LogP contribution in [-0.4, -0.2) is 48.9 Å². The molecule has 0 saturated carbocycles. The van der Waals surface area contributed by atoms with Gasteiger partial charge >= 0.3 is 0 Å². The SMILES string of the molecule is Cl.O=C(NC1CCN(C(=O)CCc2ccccc2)C1)C1CCNCC1. The maximum Gasteiger partial charge on any atom is 0.223 e. The van der Waals surface area contributed by atoms with E-state index in [0.717, 1.165) is 45.3 Å². The molecule has 25 heavy (non-hydrogen) atoms. The molecule has 2 saturated heterocycles. The third-order valence-electron chi connectivity index (χ3n) is 5.07. The first-order valence-electron chi connectivity index (χ1n) is 9.05. The molecule has 138 valence electrons. The molecule has 2 aliphatic heterocycles. The number of hydrogen-bond donors (Lipinski definition) is 2. The van der Waals surface area contributed by atoms with E-state index >= 15 is 0 Å². The standard InChI is InChI=1S/C19H27N3O2.ClH/c23-18(7-6-15-4-2-1-3-5-15)22-13-10-17(14-22)21-19(24)16-8-11-20-12-9-16;/h1-5,16-17,20H,6-14H2,(H,21,24);1H. The highest BCUT2D eigenvalue weighted by molar-refractivity contribution is 5.85. The van der Waals surface area contributed by atoms with Gasteiger partial charge in [0.2, 0.25) is 11.8 Å². The van der Waals surface area contributed by atoms with Crippen molar-refractivity contribution in [3.8, 4) is 0 Å². The Hall–Kier alpha value is -1.59. The zero-order valence-corrected chi connectivity index (χ0v) is 15.4. The van der Waals surface area contributed by atoms with E-state index in [2.05, 4.69) is 22.8 Å². The van der Waals surface area contributed by atoms with Gasteiger partial charge in [-0.2, -0.15) is 0 Å². The summed E-state index contributed by atoms with van der Waals surface area (Å²) in [7, 11) is 0. The van der Waals surface area contributed by atoms with Gasteiger partial charge in [-0.25, -0.2) is 0 Å². The highest BCUT2D eigenvalue weighted by Crippen LogP contribution is 2.16. The van der Waals surface area contributed by atoms with Crippen molar-refractivity contribution in [1.82, 2.24) is 15.5 Å². The second kappa shape index (κ2) is 9.78. The summed E-state index contributed by atoms with van der Waals surface area (Å²) in [6, 6.07) is 10.2. The van der Waals surface area contributed by atoms with Gasteiger partial charge in [0.05, 0.1) is 0 Å². The highest BCUT2D eigenvalue weighted by Gasteiger charge is 2.29. The van der Waals surface area contributed by atoms with Gasteiger partial charge in [-0.3, -0.25) is 9.59 Å². The summed E-state index contributed by atoms with van der Waals surface area (Å²) in [5.74, 6) is 0.492. The zero-order chi connectivity index (χ0) is 16.8. The van der Waals surface area contributed by atoms with Crippen molar-refractivity contribution in [2.75, 3.05) is 26.2 Å². The molecule has 0 radical (unpaired) electrons. The number of carbonyl (C=O) groups excluding carboxylic acids is 2. The third-order valence-corrected chi connectivity index (χ3v) is 5.07. The smallest absolute Gasteiger partial charge is 0.223 e. The van der Waals surface area contributed by atoms with Gasteiger partial charge in [0.25, 0.3) is 0 Å². The fraction of sp³-hybridized carbons (Fsp3) is 0.579. The molecule has 1 atom stereocenters. The quantitative estimate of drug-likeness (QED) is 0.835. The molecule has 2 heterocycles. The van der Waals surface area contributed by atoms with Crippen LogP contribution in [0, 0.1) is 5.92 Å². The average molecular weight is 366 g/mol. The van der Waals surface area contributed by atoms with Gasteiger partial charge in [0, 0.05) is 31.5 Å². The van der Waals surface area contributed by atoms with Gasteiger partial charge in [-0.15, -0.1) is 12.4 Å². The molecule has 0 spiro atoms. The molecule has 0 aromatic heterocycles. The fourth-order valence-corrected chi connectivity index (χ4v) is 3.56. The number of halogens is 1. The van der Waals surface area contributed by atoms with Gasteiger partial charge < -0.3 is 15.5 Å². The number of aryl methyl sites for hydroxylation is 1. The number of nitrogens with one attached hydrogen (secondary N) is 2. The summed E-state index contributed by atoms with van der Waals surface area (Å²) in [4.78, 5) is 26.6. The second-order valence-electron chi connectivity index (χ2n) is 6.84. The predicted molar refractivity (Wildman–Crippen MR) is 101 cm³/mol. The number of carbonyl (C=O) groups is 2. The number of amides is 2. The number of likely N-dealkylation sites (tertiary alicyclic amines) is 1. The monoisotopic (exact) mass is 365 g/mol. The van der Waals surface area contributed by atoms with E-state index in [-0.39, 0.29) is 36.2 Å². The molecule has 1 aromatic carbocycles. The fourth-order valence-electron chi connectivity index (χ4n) is 3.56. The van der Waals surface area contributed by atoms with Crippen LogP contribution < -0.4 is 10.6 Å². The van der Waals surface area contributed by atoms with E-state index in [1.54, 1.807) is 0 Å². The van der Waals surface area contributed by atoms with E-state index in [0.29, 0.717) is 13.0 Å². The van der Waals surface area contributed by atoms with Crippen molar-refractivity contribution >= 4 is 24.2 Å². The summed E-state index contributed by atoms with van der Waals surface area (Å²) in [5.41, 5.74) is 1.20. The molecule has 2 fully saturated rings. The van der Waals surface area contributed by atoms with Crippen molar-refractivity contribution in [3.63, 3.8) is 0 Å². The second-order valence-corrected chi connectivity index (χ2v) is 6.84. The number of piperidine rings is 1. The van der Waals surface area contributed by atoms with Crippen molar-refractivity contribution < 1.29 is 9.59 Å². The normalized spacial score (nSPS) is 20.8. The average Bonchev–Trinajstić information content (AvgIpc) is 3.10. The summed E-state index contributed by atoms with van der Waals surface area (Å²) >= 11 is 0. The number of hydrogen-bond acceptors (Lipinski definition) is 3. The summed E-state index contributed by atoms with van der Waals surface area (Å²) < 4.78 is 0. The number of benzene rings is 1. The van der Waals surface area contributed by atoms with Crippen molar-refractivity contribution in [2.45, 2.75) is 38.1 Å². The van der Waals surface area contributed by atoms with Crippen LogP contribution in [0.1, 0.15) is 31.2 Å². The molecule has 2 N–H and O–H groups in total. The Balaban J connectivity index is 0.00000225. The Morgan fingerprint density at radius 3 is 2.56 bits per heavy atom. The zero-order valence-electron chi connectivity index (χ0n) is 14.6. The minimum absolute atomic E-state index is 0. The van der Waals surface area contributed by atoms with Crippen LogP contribution in [0.2, 0.25) is 0 Å². The summed E-state index contributed by atoms with van der Waals surface area (Å²) in [6.07, 6.45) is 4.02. The number of rotatable bonds is 5. The molecule has 3 rings (SSSR count). The topological polar surface area (TPSA) is 61.4 Å². The van der Waals surface area contributed by atoms with Crippen LogP contribution in [0.25, 0.3) is 0 Å². The van der Waals surface area contributed by atoms with Crippen molar-refractivity contribution in [3.05, 3.63) is 35.9 Å². The molecule has 2 aliphatic rings. The predicted octanol–water partition coefficient (Wildman–Crippen LogP) is 1.76. The summed E-state index contributed by atoms with van der Waals surface area (Å²) in [6.45, 7) is 3.26. The lowest BCUT2D eigenvalue weighted by molar-refractivity contribution is -0.131. The van der Waals surface area contributed by atoms with Crippen LogP contribution in [0.5, 0.6) is 0 Å². The van der Waals surface area contributed by atoms with E-state index < -0.39 is 0 Å². The van der Waals surface area contributed by atoms with Crippen LogP contribution >= 0.6 is 12.4 Å². The molecule has 1 aromatic rings. The Morgan fingerprint density at radius 1 is 1.12 bits per heavy atom. The molecule has 5 nitrogen and oxygen atoms in total. The Morgan fingerprint density at radius 2 is 1.84 bits per heavy atom. The molecule has 1 unspecified atom stereocenters. The highest BCUT2D eigenvalue weighted by atomic mass is 35.5. The minimum Gasteiger partial charge on any atom is -0.351 e. The lowest BCUT2D eigenvalue weighted by Crippen LogP contribution is -2.44. The molecule has 0 aliphatic carbocycles.